The van der Waals surface area contributed by atoms with Crippen LogP contribution in [0, 0.1) is 6.42 Å². The van der Waals surface area contributed by atoms with E-state index in [1.807, 2.05) is 30.7 Å². The summed E-state index contributed by atoms with van der Waals surface area (Å²) in [6.07, 6.45) is 9.87. The molecule has 0 saturated carbocycles. The Morgan fingerprint density at radius 1 is 1.00 bits per heavy atom. The monoisotopic (exact) mass is 397 g/mol. The summed E-state index contributed by atoms with van der Waals surface area (Å²) in [4.78, 5) is 0. The predicted octanol–water partition coefficient (Wildman–Crippen LogP) is 0.147. The summed E-state index contributed by atoms with van der Waals surface area (Å²) >= 11 is 0. The van der Waals surface area contributed by atoms with E-state index in [0.29, 0.717) is 0 Å². The maximum absolute atomic E-state index is 3.72. The molecule has 1 radical (unpaired) electrons. The molecule has 0 bridgehead atoms. The van der Waals surface area contributed by atoms with Crippen LogP contribution in [0.2, 0.25) is 0 Å². The Bertz CT molecular complexity index is 136. The van der Waals surface area contributed by atoms with Crippen molar-refractivity contribution in [1.29, 1.82) is 0 Å². The van der Waals surface area contributed by atoms with Crippen LogP contribution in [0.5, 0.6) is 0 Å². The minimum atomic E-state index is 0. The summed E-state index contributed by atoms with van der Waals surface area (Å²) < 4.78 is 0. The number of hydrogen-bond acceptors (Lipinski definition) is 0. The number of hydrogen-bond donors (Lipinski definition) is 0. The molecule has 0 nitrogen and oxygen atoms in total. The molecule has 0 N–H and O–H groups in total. The van der Waals surface area contributed by atoms with Gasteiger partial charge in [0.15, 0.2) is 0 Å². The first kappa shape index (κ1) is 22.5. The van der Waals surface area contributed by atoms with Gasteiger partial charge >= 0.3 is 0 Å². The van der Waals surface area contributed by atoms with Crippen LogP contribution in [0.3, 0.4) is 0 Å². The number of halogens is 1. The average molecular weight is 398 g/mol. The van der Waals surface area contributed by atoms with Gasteiger partial charge in [-0.2, -0.15) is 0 Å². The van der Waals surface area contributed by atoms with Crippen LogP contribution >= 0.6 is 0 Å². The third-order valence-corrected chi connectivity index (χ3v) is 0.843. The largest absolute Gasteiger partial charge is 1.00 e. The normalized spacial score (nSPS) is 11.5. The van der Waals surface area contributed by atoms with Gasteiger partial charge in [-0.15, -0.1) is 0 Å². The summed E-state index contributed by atoms with van der Waals surface area (Å²) in [5.41, 5.74) is 1.07. The molecule has 1 aliphatic carbocycles. The summed E-state index contributed by atoms with van der Waals surface area (Å²) in [6.45, 7) is 3.72. The molecule has 0 aromatic heterocycles. The van der Waals surface area contributed by atoms with Gasteiger partial charge in [0.25, 0.3) is 0 Å². The Hall–Kier alpha value is 0.388. The van der Waals surface area contributed by atoms with E-state index >= 15 is 0 Å². The topological polar surface area (TPSA) is 0 Å². The first-order chi connectivity index (χ1) is 3.39. The van der Waals surface area contributed by atoms with E-state index in [0.717, 1.165) is 5.57 Å². The zero-order valence-electron chi connectivity index (χ0n) is 4.79. The third kappa shape index (κ3) is 10.4. The fourth-order valence-electron chi connectivity index (χ4n) is 0.478. The Labute approximate surface area is 95.5 Å². The van der Waals surface area contributed by atoms with Crippen molar-refractivity contribution >= 4 is 0 Å². The van der Waals surface area contributed by atoms with Crippen LogP contribution in [-0.2, 0) is 21.1 Å². The van der Waals surface area contributed by atoms with Crippen LogP contribution in [0.1, 0.15) is 14.9 Å². The molecule has 11 heavy (non-hydrogen) atoms. The number of allylic oxidation sites excluding steroid dienone is 5. The van der Waals surface area contributed by atoms with Crippen molar-refractivity contribution in [1.82, 2.24) is 0 Å². The van der Waals surface area contributed by atoms with E-state index < -0.39 is 0 Å². The summed E-state index contributed by atoms with van der Waals surface area (Å²) in [6, 6.07) is 0. The third-order valence-electron chi connectivity index (χ3n) is 0.843. The van der Waals surface area contributed by atoms with Gasteiger partial charge in [-0.25, -0.2) is 0 Å². The fourth-order valence-corrected chi connectivity index (χ4v) is 0.478. The molecule has 1 aliphatic rings. The second-order valence-corrected chi connectivity index (χ2v) is 1.49. The van der Waals surface area contributed by atoms with Crippen molar-refractivity contribution < 1.29 is 38.0 Å². The van der Waals surface area contributed by atoms with Crippen molar-refractivity contribution in [2.75, 3.05) is 0 Å². The molecule has 0 heterocycles. The molecule has 0 saturated heterocycles. The quantitative estimate of drug-likeness (QED) is 0.545. The molecule has 0 aromatic carbocycles. The summed E-state index contributed by atoms with van der Waals surface area (Å²) in [5, 5.41) is 0. The second-order valence-electron chi connectivity index (χ2n) is 1.49. The van der Waals surface area contributed by atoms with Gasteiger partial charge in [-0.05, 0) is 5.57 Å². The maximum Gasteiger partial charge on any atom is 0.0119 e. The standard InChI is InChI=1S/C7H7.2CH4.BrH.Pt/c1-7-5-3-2-4-6-7;;;;/h2-6H,1H2;2*1H4;1H;/p-1. The van der Waals surface area contributed by atoms with Crippen LogP contribution in [-0.4, -0.2) is 0 Å². The van der Waals surface area contributed by atoms with Gasteiger partial charge in [0.2, 0.25) is 0 Å². The van der Waals surface area contributed by atoms with Crippen molar-refractivity contribution in [2.24, 2.45) is 0 Å². The predicted molar refractivity (Wildman–Crippen MR) is 45.2 cm³/mol. The average Bonchev–Trinajstić information content (AvgIpc) is 1.69. The van der Waals surface area contributed by atoms with Crippen molar-refractivity contribution in [3.8, 4) is 0 Å². The zero-order valence-corrected chi connectivity index (χ0v) is 8.65. The van der Waals surface area contributed by atoms with Gasteiger partial charge < -0.3 is 17.0 Å². The number of rotatable bonds is 0. The van der Waals surface area contributed by atoms with Gasteiger partial charge in [0, 0.05) is 27.5 Å². The summed E-state index contributed by atoms with van der Waals surface area (Å²) in [5.74, 6) is 0. The molecule has 1 rings (SSSR count). The Kier molecular flexibility index (Phi) is 26.6. The molecule has 0 atom stereocenters. The molecule has 0 aliphatic heterocycles. The van der Waals surface area contributed by atoms with Crippen molar-refractivity contribution in [2.45, 2.75) is 14.9 Å². The molecule has 0 unspecified atom stereocenters. The Morgan fingerprint density at radius 3 is 1.73 bits per heavy atom. The second kappa shape index (κ2) is 13.0. The minimum Gasteiger partial charge on any atom is -1.00 e. The van der Waals surface area contributed by atoms with E-state index in [1.54, 1.807) is 0 Å². The van der Waals surface area contributed by atoms with Crippen LogP contribution in [0.25, 0.3) is 0 Å². The molecule has 0 amide bonds. The van der Waals surface area contributed by atoms with Crippen LogP contribution in [0.4, 0.5) is 0 Å². The molecule has 0 fully saturated rings. The molecular formula is C9H15BrPt-. The molecule has 0 spiro atoms. The van der Waals surface area contributed by atoms with Gasteiger partial charge in [0.05, 0.1) is 0 Å². The maximum atomic E-state index is 3.72. The van der Waals surface area contributed by atoms with E-state index in [2.05, 4.69) is 6.58 Å². The first-order valence-electron chi connectivity index (χ1n) is 2.26. The molecule has 2 heteroatoms. The van der Waals surface area contributed by atoms with Gasteiger partial charge in [-0.3, -0.25) is 0 Å². The SMILES string of the molecule is C.C.C=C1[CH]C=CC=C1.[Br-].[Pt]. The molecule has 0 aromatic rings. The zero-order chi connectivity index (χ0) is 5.11. The Morgan fingerprint density at radius 2 is 1.55 bits per heavy atom. The Balaban J connectivity index is -0.0000000612. The molecular weight excluding hydrogens is 383 g/mol. The van der Waals surface area contributed by atoms with Crippen LogP contribution < -0.4 is 17.0 Å². The van der Waals surface area contributed by atoms with Gasteiger partial charge in [0.1, 0.15) is 0 Å². The van der Waals surface area contributed by atoms with E-state index in [1.165, 1.54) is 0 Å². The fraction of sp³-hybridized carbons (Fsp3) is 0.222. The van der Waals surface area contributed by atoms with Gasteiger partial charge in [-0.1, -0.05) is 45.7 Å². The smallest absolute Gasteiger partial charge is 0.0119 e. The van der Waals surface area contributed by atoms with E-state index in [-0.39, 0.29) is 52.9 Å². The minimum absolute atomic E-state index is 0. The van der Waals surface area contributed by atoms with Crippen molar-refractivity contribution in [3.05, 3.63) is 42.9 Å². The molecule has 69 valence electrons. The van der Waals surface area contributed by atoms with E-state index in [9.17, 15) is 0 Å². The van der Waals surface area contributed by atoms with Crippen LogP contribution in [0.15, 0.2) is 36.5 Å². The first-order valence-corrected chi connectivity index (χ1v) is 2.26. The van der Waals surface area contributed by atoms with E-state index in [4.69, 9.17) is 0 Å². The summed E-state index contributed by atoms with van der Waals surface area (Å²) in [7, 11) is 0. The van der Waals surface area contributed by atoms with Crippen molar-refractivity contribution in [3.63, 3.8) is 0 Å².